The first-order valence-electron chi connectivity index (χ1n) is 7.28. The van der Waals surface area contributed by atoms with Crippen LogP contribution in [0.2, 0.25) is 10.0 Å². The minimum Gasteiger partial charge on any atom is -0.225 e. The molecule has 2 N–H and O–H groups in total. The summed E-state index contributed by atoms with van der Waals surface area (Å²) in [6.07, 6.45) is 0. The van der Waals surface area contributed by atoms with Crippen molar-refractivity contribution < 1.29 is 12.8 Å². The fourth-order valence-electron chi connectivity index (χ4n) is 2.53. The summed E-state index contributed by atoms with van der Waals surface area (Å²) in [5, 5.41) is 5.87. The first-order valence-corrected chi connectivity index (χ1v) is 10.0. The highest BCUT2D eigenvalue weighted by molar-refractivity contribution is 7.89. The topological polar surface area (TPSA) is 60.2 Å². The maximum absolute atomic E-state index is 14.1. The third kappa shape index (κ3) is 3.89. The van der Waals surface area contributed by atoms with Crippen LogP contribution in [0.3, 0.4) is 0 Å². The lowest BCUT2D eigenvalue weighted by molar-refractivity contribution is 0.568. The van der Waals surface area contributed by atoms with Crippen LogP contribution in [-0.4, -0.2) is 8.42 Å². The van der Waals surface area contributed by atoms with Crippen LogP contribution in [0.15, 0.2) is 64.4 Å². The van der Waals surface area contributed by atoms with E-state index in [1.54, 1.807) is 24.3 Å². The molecule has 0 heterocycles. The lowest BCUT2D eigenvalue weighted by Gasteiger charge is -2.10. The Morgan fingerprint density at radius 1 is 0.846 bits per heavy atom. The Morgan fingerprint density at radius 2 is 1.46 bits per heavy atom. The zero-order valence-corrected chi connectivity index (χ0v) is 16.3. The smallest absolute Gasteiger partial charge is 0.225 e. The van der Waals surface area contributed by atoms with E-state index in [0.717, 1.165) is 23.3 Å². The van der Waals surface area contributed by atoms with Crippen LogP contribution < -0.4 is 5.14 Å². The summed E-state index contributed by atoms with van der Waals surface area (Å²) in [5.41, 5.74) is 2.86. The first-order chi connectivity index (χ1) is 12.2. The molecule has 0 bridgehead atoms. The van der Waals surface area contributed by atoms with Gasteiger partial charge in [0.1, 0.15) is 10.7 Å². The molecule has 3 nitrogen and oxygen atoms in total. The van der Waals surface area contributed by atoms with Gasteiger partial charge in [0.25, 0.3) is 0 Å². The molecule has 8 heteroatoms. The van der Waals surface area contributed by atoms with E-state index in [-0.39, 0.29) is 0 Å². The van der Waals surface area contributed by atoms with Gasteiger partial charge in [0.2, 0.25) is 10.0 Å². The molecule has 0 radical (unpaired) electrons. The lowest BCUT2D eigenvalue weighted by Crippen LogP contribution is -2.13. The average molecular weight is 428 g/mol. The van der Waals surface area contributed by atoms with Gasteiger partial charge in [0.05, 0.1) is 10.0 Å². The summed E-state index contributed by atoms with van der Waals surface area (Å²) in [6, 6.07) is 14.4. The molecule has 0 aliphatic carbocycles. The van der Waals surface area contributed by atoms with Crippen LogP contribution in [0.5, 0.6) is 0 Å². The molecule has 0 spiro atoms. The fourth-order valence-corrected chi connectivity index (χ4v) is 3.76. The highest BCUT2D eigenvalue weighted by Crippen LogP contribution is 2.34. The predicted octanol–water partition coefficient (Wildman–Crippen LogP) is 5.40. The summed E-state index contributed by atoms with van der Waals surface area (Å²) >= 11 is 16.5. The molecule has 0 aliphatic rings. The molecule has 0 aromatic heterocycles. The van der Waals surface area contributed by atoms with Gasteiger partial charge < -0.3 is 0 Å². The number of benzene rings is 3. The van der Waals surface area contributed by atoms with E-state index in [9.17, 15) is 12.8 Å². The van der Waals surface area contributed by atoms with Gasteiger partial charge in [-0.3, -0.25) is 0 Å². The van der Waals surface area contributed by atoms with Crippen molar-refractivity contribution in [1.29, 1.82) is 0 Å². The van der Waals surface area contributed by atoms with Gasteiger partial charge in [-0.2, -0.15) is 0 Å². The lowest BCUT2D eigenvalue weighted by atomic mass is 10.00. The van der Waals surface area contributed by atoms with E-state index in [4.69, 9.17) is 28.3 Å². The molecule has 0 unspecified atom stereocenters. The molecule has 26 heavy (non-hydrogen) atoms. The average Bonchev–Trinajstić information content (AvgIpc) is 2.56. The second kappa shape index (κ2) is 7.21. The van der Waals surface area contributed by atoms with Crippen LogP contribution in [0.1, 0.15) is 0 Å². The van der Waals surface area contributed by atoms with Crippen LogP contribution in [0.4, 0.5) is 4.39 Å². The normalized spacial score (nSPS) is 11.6. The molecule has 0 saturated heterocycles. The number of halogens is 3. The second-order valence-electron chi connectivity index (χ2n) is 5.55. The molecule has 134 valence electrons. The van der Waals surface area contributed by atoms with Crippen LogP contribution in [0.25, 0.3) is 22.3 Å². The van der Waals surface area contributed by atoms with Crippen LogP contribution >= 0.6 is 35.8 Å². The third-order valence-corrected chi connectivity index (χ3v) is 5.85. The van der Waals surface area contributed by atoms with Gasteiger partial charge in [-0.05, 0) is 52.6 Å². The van der Waals surface area contributed by atoms with Gasteiger partial charge in [-0.15, -0.1) is 12.6 Å². The molecule has 0 saturated carbocycles. The summed E-state index contributed by atoms with van der Waals surface area (Å²) in [7, 11) is -4.10. The van der Waals surface area contributed by atoms with Crippen molar-refractivity contribution >= 4 is 45.9 Å². The largest absolute Gasteiger partial charge is 0.240 e. The molecule has 3 aromatic rings. The van der Waals surface area contributed by atoms with Crippen molar-refractivity contribution in [1.82, 2.24) is 0 Å². The minimum absolute atomic E-state index is 0.432. The molecule has 0 amide bonds. The second-order valence-corrected chi connectivity index (χ2v) is 8.38. The Hall–Kier alpha value is -1.57. The van der Waals surface area contributed by atoms with Crippen molar-refractivity contribution in [2.45, 2.75) is 9.79 Å². The van der Waals surface area contributed by atoms with Crippen molar-refractivity contribution in [3.05, 3.63) is 70.5 Å². The Morgan fingerprint density at radius 3 is 2.04 bits per heavy atom. The van der Waals surface area contributed by atoms with E-state index < -0.39 is 20.7 Å². The minimum atomic E-state index is -4.10. The fraction of sp³-hybridized carbons (Fsp3) is 0. The van der Waals surface area contributed by atoms with E-state index >= 15 is 0 Å². The molecular weight excluding hydrogens is 416 g/mol. The van der Waals surface area contributed by atoms with Crippen molar-refractivity contribution in [3.8, 4) is 22.3 Å². The summed E-state index contributed by atoms with van der Waals surface area (Å²) < 4.78 is 36.7. The number of nitrogens with two attached hydrogens (primary N) is 1. The zero-order valence-electron chi connectivity index (χ0n) is 13.1. The molecular formula is C18H12Cl2FNO2S2. The van der Waals surface area contributed by atoms with Gasteiger partial charge in [-0.1, -0.05) is 47.5 Å². The Labute approximate surface area is 166 Å². The molecule has 0 atom stereocenters. The quantitative estimate of drug-likeness (QED) is 0.549. The van der Waals surface area contributed by atoms with Gasteiger partial charge >= 0.3 is 0 Å². The highest BCUT2D eigenvalue weighted by atomic mass is 35.5. The number of sulfonamides is 1. The summed E-state index contributed by atoms with van der Waals surface area (Å²) in [4.78, 5) is 0.108. The van der Waals surface area contributed by atoms with Crippen LogP contribution in [0, 0.1) is 5.82 Å². The van der Waals surface area contributed by atoms with Crippen molar-refractivity contribution in [2.24, 2.45) is 5.14 Å². The van der Waals surface area contributed by atoms with Crippen LogP contribution in [-0.2, 0) is 10.0 Å². The Bertz CT molecular complexity index is 1120. The van der Waals surface area contributed by atoms with E-state index in [0.29, 0.717) is 26.1 Å². The van der Waals surface area contributed by atoms with Crippen molar-refractivity contribution in [2.75, 3.05) is 0 Å². The Balaban J connectivity index is 2.02. The number of hydrogen-bond donors (Lipinski definition) is 2. The van der Waals surface area contributed by atoms with Gasteiger partial charge in [-0.25, -0.2) is 17.9 Å². The molecule has 3 aromatic carbocycles. The van der Waals surface area contributed by atoms with Crippen molar-refractivity contribution in [3.63, 3.8) is 0 Å². The first kappa shape index (κ1) is 19.2. The number of primary sulfonamides is 1. The van der Waals surface area contributed by atoms with E-state index in [2.05, 4.69) is 12.6 Å². The highest BCUT2D eigenvalue weighted by Gasteiger charge is 2.15. The zero-order chi connectivity index (χ0) is 19.1. The number of thiol groups is 1. The third-order valence-electron chi connectivity index (χ3n) is 3.80. The van der Waals surface area contributed by atoms with E-state index in [1.165, 1.54) is 6.07 Å². The molecule has 0 fully saturated rings. The summed E-state index contributed by atoms with van der Waals surface area (Å²) in [6.45, 7) is 0. The predicted molar refractivity (Wildman–Crippen MR) is 106 cm³/mol. The SMILES string of the molecule is NS(=O)(=O)c1ccc(-c2ccc(-c3ccc(Cl)c(Cl)c3)c(S)c2)cc1F. The maximum atomic E-state index is 14.1. The summed E-state index contributed by atoms with van der Waals surface area (Å²) in [5.74, 6) is -0.903. The monoisotopic (exact) mass is 427 g/mol. The van der Waals surface area contributed by atoms with Gasteiger partial charge in [0, 0.05) is 4.90 Å². The molecule has 3 rings (SSSR count). The Kier molecular flexibility index (Phi) is 5.33. The maximum Gasteiger partial charge on any atom is 0.240 e. The molecule has 0 aliphatic heterocycles. The number of hydrogen-bond acceptors (Lipinski definition) is 3. The van der Waals surface area contributed by atoms with Gasteiger partial charge in [0.15, 0.2) is 0 Å². The van der Waals surface area contributed by atoms with E-state index in [1.807, 2.05) is 12.1 Å². The standard InChI is InChI=1S/C18H12Cl2FNO2S2/c19-14-5-2-12(7-15(14)20)13-4-1-11(9-17(13)25)10-3-6-18(16(21)8-10)26(22,23)24/h1-9,25H,(H2,22,23,24). The number of rotatable bonds is 3.